The second kappa shape index (κ2) is 12.6. The number of hydrogen-bond donors (Lipinski definition) is 0. The first-order valence-corrected chi connectivity index (χ1v) is 19.8. The van der Waals surface area contributed by atoms with E-state index in [-0.39, 0.29) is 5.92 Å². The van der Waals surface area contributed by atoms with Gasteiger partial charge in [-0.05, 0) is 98.6 Å². The lowest BCUT2D eigenvalue weighted by molar-refractivity contribution is 1.01. The van der Waals surface area contributed by atoms with E-state index in [4.69, 9.17) is 0 Å². The van der Waals surface area contributed by atoms with Crippen LogP contribution < -0.4 is 0 Å². The minimum atomic E-state index is 0.188. The number of aromatic nitrogens is 2. The first-order valence-electron chi connectivity index (χ1n) is 19.8. The molecule has 2 nitrogen and oxygen atoms in total. The van der Waals surface area contributed by atoms with Crippen LogP contribution in [-0.2, 0) is 0 Å². The standard InChI is InChI=1S/C55H36N2/c1-2-14-36(15-3-1)37-28-30-38(31-29-37)39-16-12-18-41(34-39)56-49-26-10-8-24-47(49)54-51(56)32-33-52-55(54)48-25-9-11-27-50(48)57(52)42-19-13-17-40(35-42)53-45-22-6-4-20-43(45)44-21-5-7-23-46(44)53/h1-35,53H. The molecular weight excluding hydrogens is 689 g/mol. The Morgan fingerprint density at radius 3 is 1.37 bits per heavy atom. The van der Waals surface area contributed by atoms with Crippen molar-refractivity contribution in [3.63, 3.8) is 0 Å². The van der Waals surface area contributed by atoms with Crippen LogP contribution in [0.4, 0.5) is 0 Å². The molecular formula is C55H36N2. The third kappa shape index (κ3) is 4.84. The first-order chi connectivity index (χ1) is 28.3. The number of benzene rings is 9. The molecule has 0 N–H and O–H groups in total. The fourth-order valence-electron chi connectivity index (χ4n) is 9.74. The summed E-state index contributed by atoms with van der Waals surface area (Å²) in [6.45, 7) is 0. The normalized spacial score (nSPS) is 12.5. The van der Waals surface area contributed by atoms with Crippen molar-refractivity contribution in [1.29, 1.82) is 0 Å². The Balaban J connectivity index is 1.04. The lowest BCUT2D eigenvalue weighted by Crippen LogP contribution is -2.01. The van der Waals surface area contributed by atoms with Crippen LogP contribution in [0.2, 0.25) is 0 Å². The molecule has 0 unspecified atom stereocenters. The minimum Gasteiger partial charge on any atom is -0.309 e. The van der Waals surface area contributed by atoms with Crippen LogP contribution in [0.3, 0.4) is 0 Å². The predicted molar refractivity (Wildman–Crippen MR) is 239 cm³/mol. The van der Waals surface area contributed by atoms with E-state index in [9.17, 15) is 0 Å². The molecule has 2 aromatic heterocycles. The number of rotatable bonds is 5. The van der Waals surface area contributed by atoms with Gasteiger partial charge < -0.3 is 9.13 Å². The highest BCUT2D eigenvalue weighted by Gasteiger charge is 2.30. The van der Waals surface area contributed by atoms with E-state index in [2.05, 4.69) is 221 Å². The summed E-state index contributed by atoms with van der Waals surface area (Å²) in [6, 6.07) is 78.1. The Morgan fingerprint density at radius 2 is 0.754 bits per heavy atom. The lowest BCUT2D eigenvalue weighted by Gasteiger charge is -2.17. The number of para-hydroxylation sites is 2. The molecule has 0 bridgehead atoms. The van der Waals surface area contributed by atoms with Gasteiger partial charge in [-0.25, -0.2) is 0 Å². The van der Waals surface area contributed by atoms with E-state index in [0.717, 1.165) is 5.69 Å². The lowest BCUT2D eigenvalue weighted by atomic mass is 9.89. The smallest absolute Gasteiger partial charge is 0.0548 e. The maximum Gasteiger partial charge on any atom is 0.0548 e. The number of fused-ring (bicyclic) bond motifs is 10. The van der Waals surface area contributed by atoms with Crippen LogP contribution in [0.25, 0.3) is 88.4 Å². The van der Waals surface area contributed by atoms with E-state index >= 15 is 0 Å². The second-order valence-electron chi connectivity index (χ2n) is 15.3. The van der Waals surface area contributed by atoms with Gasteiger partial charge in [0.2, 0.25) is 0 Å². The monoisotopic (exact) mass is 724 g/mol. The van der Waals surface area contributed by atoms with Crippen molar-refractivity contribution < 1.29 is 0 Å². The summed E-state index contributed by atoms with van der Waals surface area (Å²) in [4.78, 5) is 0. The van der Waals surface area contributed by atoms with E-state index in [0.29, 0.717) is 0 Å². The van der Waals surface area contributed by atoms with E-state index in [1.807, 2.05) is 0 Å². The highest BCUT2D eigenvalue weighted by atomic mass is 15.0. The topological polar surface area (TPSA) is 9.86 Å². The molecule has 0 saturated heterocycles. The van der Waals surface area contributed by atoms with Gasteiger partial charge in [-0.2, -0.15) is 0 Å². The molecule has 0 saturated carbocycles. The Morgan fingerprint density at radius 1 is 0.298 bits per heavy atom. The van der Waals surface area contributed by atoms with Crippen LogP contribution in [0.5, 0.6) is 0 Å². The Bertz CT molecular complexity index is 3300. The molecule has 0 aliphatic heterocycles. The van der Waals surface area contributed by atoms with Crippen molar-refractivity contribution in [3.05, 3.63) is 229 Å². The average molecular weight is 725 g/mol. The first kappa shape index (κ1) is 31.9. The summed E-state index contributed by atoms with van der Waals surface area (Å²) in [6.07, 6.45) is 0. The van der Waals surface area contributed by atoms with Gasteiger partial charge in [-0.3, -0.25) is 0 Å². The molecule has 9 aromatic carbocycles. The maximum absolute atomic E-state index is 2.48. The molecule has 57 heavy (non-hydrogen) atoms. The van der Waals surface area contributed by atoms with Gasteiger partial charge in [0.15, 0.2) is 0 Å². The molecule has 2 heterocycles. The predicted octanol–water partition coefficient (Wildman–Crippen LogP) is 14.4. The van der Waals surface area contributed by atoms with Gasteiger partial charge in [-0.15, -0.1) is 0 Å². The summed E-state index contributed by atoms with van der Waals surface area (Å²) < 4.78 is 4.93. The largest absolute Gasteiger partial charge is 0.309 e. The van der Waals surface area contributed by atoms with Gasteiger partial charge in [0.05, 0.1) is 22.1 Å². The molecule has 0 atom stereocenters. The van der Waals surface area contributed by atoms with Crippen molar-refractivity contribution in [2.45, 2.75) is 5.92 Å². The molecule has 2 heteroatoms. The van der Waals surface area contributed by atoms with Crippen LogP contribution in [0, 0.1) is 0 Å². The molecule has 1 aliphatic carbocycles. The molecule has 1 aliphatic rings. The zero-order valence-electron chi connectivity index (χ0n) is 31.2. The number of nitrogens with zero attached hydrogens (tertiary/aromatic N) is 2. The van der Waals surface area contributed by atoms with Gasteiger partial charge in [0.25, 0.3) is 0 Å². The molecule has 0 spiro atoms. The van der Waals surface area contributed by atoms with Crippen molar-refractivity contribution in [1.82, 2.24) is 9.13 Å². The fourth-order valence-corrected chi connectivity index (χ4v) is 9.74. The molecule has 0 radical (unpaired) electrons. The van der Waals surface area contributed by atoms with Crippen molar-refractivity contribution >= 4 is 43.6 Å². The van der Waals surface area contributed by atoms with E-state index < -0.39 is 0 Å². The minimum absolute atomic E-state index is 0.188. The van der Waals surface area contributed by atoms with Crippen LogP contribution >= 0.6 is 0 Å². The zero-order valence-corrected chi connectivity index (χ0v) is 31.2. The summed E-state index contributed by atoms with van der Waals surface area (Å²) in [5.41, 5.74) is 18.7. The maximum atomic E-state index is 2.48. The summed E-state index contributed by atoms with van der Waals surface area (Å²) in [5, 5.41) is 5.08. The molecule has 266 valence electrons. The van der Waals surface area contributed by atoms with Crippen molar-refractivity contribution in [2.75, 3.05) is 0 Å². The van der Waals surface area contributed by atoms with Crippen LogP contribution in [-0.4, -0.2) is 9.13 Å². The third-order valence-electron chi connectivity index (χ3n) is 12.2. The molecule has 0 fully saturated rings. The van der Waals surface area contributed by atoms with Gasteiger partial charge >= 0.3 is 0 Å². The summed E-state index contributed by atoms with van der Waals surface area (Å²) >= 11 is 0. The SMILES string of the molecule is c1ccc(-c2ccc(-c3cccc(-n4c5ccccc5c5c6c7ccccc7n(-c7cccc(C8c9ccccc9-c9ccccc98)c7)c6ccc54)c3)cc2)cc1. The van der Waals surface area contributed by atoms with Crippen LogP contribution in [0.1, 0.15) is 22.6 Å². The van der Waals surface area contributed by atoms with Gasteiger partial charge in [0.1, 0.15) is 0 Å². The molecule has 0 amide bonds. The molecule has 12 rings (SSSR count). The zero-order chi connectivity index (χ0) is 37.5. The number of hydrogen-bond acceptors (Lipinski definition) is 0. The quantitative estimate of drug-likeness (QED) is 0.167. The highest BCUT2D eigenvalue weighted by Crippen LogP contribution is 2.49. The van der Waals surface area contributed by atoms with E-state index in [1.165, 1.54) is 99.4 Å². The molecule has 11 aromatic rings. The summed E-state index contributed by atoms with van der Waals surface area (Å²) in [7, 11) is 0. The van der Waals surface area contributed by atoms with Gasteiger partial charge in [0, 0.05) is 38.8 Å². The average Bonchev–Trinajstić information content (AvgIpc) is 3.93. The van der Waals surface area contributed by atoms with Gasteiger partial charge in [-0.1, -0.05) is 164 Å². The third-order valence-corrected chi connectivity index (χ3v) is 12.2. The fraction of sp³-hybridized carbons (Fsp3) is 0.0182. The highest BCUT2D eigenvalue weighted by molar-refractivity contribution is 6.28. The Hall–Kier alpha value is -7.42. The summed E-state index contributed by atoms with van der Waals surface area (Å²) in [5.74, 6) is 0.188. The second-order valence-corrected chi connectivity index (χ2v) is 15.3. The van der Waals surface area contributed by atoms with E-state index in [1.54, 1.807) is 0 Å². The van der Waals surface area contributed by atoms with Crippen molar-refractivity contribution in [2.24, 2.45) is 0 Å². The Labute approximate surface area is 331 Å². The van der Waals surface area contributed by atoms with Crippen LogP contribution in [0.15, 0.2) is 212 Å². The van der Waals surface area contributed by atoms with Crippen molar-refractivity contribution in [3.8, 4) is 44.8 Å². The Kier molecular flexibility index (Phi) is 7.02.